The fraction of sp³-hybridized carbons (Fsp3) is 0.591. The summed E-state index contributed by atoms with van der Waals surface area (Å²) < 4.78 is 15.7. The molecule has 6 rings (SSSR count). The van der Waals surface area contributed by atoms with Crippen LogP contribution in [0.15, 0.2) is 18.2 Å². The van der Waals surface area contributed by atoms with Crippen LogP contribution in [-0.2, 0) is 14.3 Å². The molecule has 1 aromatic rings. The summed E-state index contributed by atoms with van der Waals surface area (Å²) in [6, 6.07) is 4.82. The molecule has 4 bridgehead atoms. The van der Waals surface area contributed by atoms with Gasteiger partial charge in [-0.2, -0.15) is 0 Å². The molecule has 7 heteroatoms. The monoisotopic (exact) mass is 399 g/mol. The van der Waals surface area contributed by atoms with Crippen molar-refractivity contribution >= 4 is 17.7 Å². The van der Waals surface area contributed by atoms with Gasteiger partial charge in [-0.3, -0.25) is 14.4 Å². The molecule has 7 nitrogen and oxygen atoms in total. The summed E-state index contributed by atoms with van der Waals surface area (Å²) in [5.74, 6) is 2.15. The summed E-state index contributed by atoms with van der Waals surface area (Å²) in [5.41, 5.74) is 0.0943. The molecule has 0 aromatic heterocycles. The molecule has 0 atom stereocenters. The molecule has 1 amide bonds. The fourth-order valence-corrected chi connectivity index (χ4v) is 6.09. The molecule has 5 aliphatic rings. The number of ether oxygens (including phenoxy) is 3. The molecular formula is C22H25NO6. The predicted molar refractivity (Wildman–Crippen MR) is 101 cm³/mol. The quantitative estimate of drug-likeness (QED) is 0.739. The Morgan fingerprint density at radius 2 is 1.66 bits per heavy atom. The van der Waals surface area contributed by atoms with Gasteiger partial charge in [0.2, 0.25) is 6.79 Å². The summed E-state index contributed by atoms with van der Waals surface area (Å²) >= 11 is 0. The number of hydrogen-bond donors (Lipinski definition) is 1. The van der Waals surface area contributed by atoms with Crippen molar-refractivity contribution in [3.63, 3.8) is 0 Å². The molecule has 0 spiro atoms. The highest BCUT2D eigenvalue weighted by Gasteiger charge is 2.54. The van der Waals surface area contributed by atoms with Crippen molar-refractivity contribution in [1.82, 2.24) is 5.32 Å². The maximum atomic E-state index is 12.9. The molecule has 1 N–H and O–H groups in total. The molecule has 29 heavy (non-hydrogen) atoms. The van der Waals surface area contributed by atoms with E-state index in [0.29, 0.717) is 34.8 Å². The van der Waals surface area contributed by atoms with E-state index in [0.717, 1.165) is 19.3 Å². The molecule has 1 aromatic carbocycles. The Balaban J connectivity index is 1.11. The number of benzene rings is 1. The normalized spacial score (nSPS) is 30.8. The lowest BCUT2D eigenvalue weighted by Gasteiger charge is -2.55. The van der Waals surface area contributed by atoms with Gasteiger partial charge in [0.1, 0.15) is 6.54 Å². The minimum absolute atomic E-state index is 0.0621. The molecule has 1 heterocycles. The third-order valence-corrected chi connectivity index (χ3v) is 7.02. The Hall–Kier alpha value is -2.57. The van der Waals surface area contributed by atoms with Crippen molar-refractivity contribution < 1.29 is 28.6 Å². The molecule has 4 aliphatic carbocycles. The van der Waals surface area contributed by atoms with Gasteiger partial charge in [0.15, 0.2) is 23.9 Å². The first-order chi connectivity index (χ1) is 14.0. The average Bonchev–Trinajstić information content (AvgIpc) is 3.17. The number of rotatable bonds is 6. The average molecular weight is 399 g/mol. The second-order valence-corrected chi connectivity index (χ2v) is 9.03. The van der Waals surface area contributed by atoms with Gasteiger partial charge in [-0.1, -0.05) is 0 Å². The number of Topliss-reactive ketones (excluding diaryl/α,β-unsaturated/α-hetero) is 1. The second kappa shape index (κ2) is 7.04. The first kappa shape index (κ1) is 18.5. The molecule has 154 valence electrons. The van der Waals surface area contributed by atoms with E-state index in [1.165, 1.54) is 19.3 Å². The van der Waals surface area contributed by atoms with Crippen molar-refractivity contribution in [2.45, 2.75) is 38.5 Å². The zero-order valence-corrected chi connectivity index (χ0v) is 16.3. The van der Waals surface area contributed by atoms with E-state index in [9.17, 15) is 14.4 Å². The van der Waals surface area contributed by atoms with Crippen LogP contribution in [0.1, 0.15) is 48.9 Å². The van der Waals surface area contributed by atoms with Crippen molar-refractivity contribution in [1.29, 1.82) is 0 Å². The Bertz CT molecular complexity index is 828. The number of carbonyl (C=O) groups excluding carboxylic acids is 3. The Kier molecular flexibility index (Phi) is 4.48. The lowest BCUT2D eigenvalue weighted by molar-refractivity contribution is -0.157. The summed E-state index contributed by atoms with van der Waals surface area (Å²) in [6.07, 6.45) is 6.65. The first-order valence-corrected chi connectivity index (χ1v) is 10.4. The largest absolute Gasteiger partial charge is 0.456 e. The van der Waals surface area contributed by atoms with E-state index < -0.39 is 11.9 Å². The van der Waals surface area contributed by atoms with Crippen LogP contribution in [0.3, 0.4) is 0 Å². The number of ketones is 1. The van der Waals surface area contributed by atoms with Crippen LogP contribution in [0.25, 0.3) is 0 Å². The van der Waals surface area contributed by atoms with Crippen molar-refractivity contribution in [3.05, 3.63) is 23.8 Å². The van der Waals surface area contributed by atoms with Crippen LogP contribution < -0.4 is 14.8 Å². The van der Waals surface area contributed by atoms with Gasteiger partial charge in [-0.15, -0.1) is 0 Å². The van der Waals surface area contributed by atoms with Gasteiger partial charge in [-0.25, -0.2) is 0 Å². The standard InChI is InChI=1S/C22H25NO6/c24-19(22-7-13-3-14(8-22)5-15(4-13)9-22)11-27-20(25)10-23-21(26)16-1-2-17-18(6-16)29-12-28-17/h1-2,6,13-15H,3-5,7-12H2,(H,23,26). The molecule has 0 unspecified atom stereocenters. The van der Waals surface area contributed by atoms with E-state index in [-0.39, 0.29) is 31.1 Å². The lowest BCUT2D eigenvalue weighted by Crippen LogP contribution is -2.51. The minimum Gasteiger partial charge on any atom is -0.456 e. The van der Waals surface area contributed by atoms with Crippen LogP contribution in [-0.4, -0.2) is 37.6 Å². The second-order valence-electron chi connectivity index (χ2n) is 9.03. The third-order valence-electron chi connectivity index (χ3n) is 7.02. The number of hydrogen-bond acceptors (Lipinski definition) is 6. The number of nitrogens with one attached hydrogen (secondary N) is 1. The Morgan fingerprint density at radius 3 is 2.34 bits per heavy atom. The number of amides is 1. The van der Waals surface area contributed by atoms with Crippen molar-refractivity contribution in [2.24, 2.45) is 23.2 Å². The van der Waals surface area contributed by atoms with Gasteiger partial charge in [0, 0.05) is 11.0 Å². The smallest absolute Gasteiger partial charge is 0.325 e. The summed E-state index contributed by atoms with van der Waals surface area (Å²) in [6.45, 7) is -0.336. The van der Waals surface area contributed by atoms with E-state index in [1.54, 1.807) is 18.2 Å². The summed E-state index contributed by atoms with van der Waals surface area (Å²) in [5, 5.41) is 2.53. The van der Waals surface area contributed by atoms with Gasteiger partial charge in [-0.05, 0) is 74.5 Å². The van der Waals surface area contributed by atoms with Gasteiger partial charge < -0.3 is 19.5 Å². The molecule has 1 aliphatic heterocycles. The highest BCUT2D eigenvalue weighted by atomic mass is 16.7. The highest BCUT2D eigenvalue weighted by Crippen LogP contribution is 2.60. The first-order valence-electron chi connectivity index (χ1n) is 10.4. The van der Waals surface area contributed by atoms with Gasteiger partial charge in [0.05, 0.1) is 0 Å². The maximum absolute atomic E-state index is 12.9. The third kappa shape index (κ3) is 3.47. The topological polar surface area (TPSA) is 90.9 Å². The van der Waals surface area contributed by atoms with Crippen LogP contribution >= 0.6 is 0 Å². The van der Waals surface area contributed by atoms with E-state index in [1.807, 2.05) is 0 Å². The SMILES string of the molecule is O=C(CNC(=O)c1ccc2c(c1)OCO2)OCC(=O)C12CC3CC(CC(C3)C1)C2. The fourth-order valence-electron chi connectivity index (χ4n) is 6.09. The number of fused-ring (bicyclic) bond motifs is 1. The Labute approximate surface area is 169 Å². The van der Waals surface area contributed by atoms with Gasteiger partial charge >= 0.3 is 5.97 Å². The van der Waals surface area contributed by atoms with Crippen LogP contribution in [0, 0.1) is 23.2 Å². The summed E-state index contributed by atoms with van der Waals surface area (Å²) in [4.78, 5) is 37.2. The van der Waals surface area contributed by atoms with Crippen molar-refractivity contribution in [2.75, 3.05) is 19.9 Å². The lowest BCUT2D eigenvalue weighted by atomic mass is 9.48. The van der Waals surface area contributed by atoms with E-state index in [2.05, 4.69) is 5.32 Å². The minimum atomic E-state index is -0.600. The van der Waals surface area contributed by atoms with E-state index >= 15 is 0 Å². The molecule has 0 saturated heterocycles. The molecule has 0 radical (unpaired) electrons. The van der Waals surface area contributed by atoms with E-state index in [4.69, 9.17) is 14.2 Å². The molecule has 4 fully saturated rings. The van der Waals surface area contributed by atoms with Crippen LogP contribution in [0.4, 0.5) is 0 Å². The predicted octanol–water partition coefficient (Wildman–Crippen LogP) is 2.47. The summed E-state index contributed by atoms with van der Waals surface area (Å²) in [7, 11) is 0. The highest BCUT2D eigenvalue weighted by molar-refractivity contribution is 5.96. The van der Waals surface area contributed by atoms with Gasteiger partial charge in [0.25, 0.3) is 5.91 Å². The molecular weight excluding hydrogens is 374 g/mol. The zero-order chi connectivity index (χ0) is 20.0. The van der Waals surface area contributed by atoms with Crippen molar-refractivity contribution in [3.8, 4) is 11.5 Å². The zero-order valence-electron chi connectivity index (χ0n) is 16.3. The van der Waals surface area contributed by atoms with Crippen LogP contribution in [0.2, 0.25) is 0 Å². The molecule has 4 saturated carbocycles. The Morgan fingerprint density at radius 1 is 1.00 bits per heavy atom. The number of carbonyl (C=O) groups is 3. The maximum Gasteiger partial charge on any atom is 0.325 e. The van der Waals surface area contributed by atoms with Crippen LogP contribution in [0.5, 0.6) is 11.5 Å². The number of esters is 1.